The molecule has 1 amide bonds. The fourth-order valence-corrected chi connectivity index (χ4v) is 1.26. The molecule has 2 aromatic rings. The van der Waals surface area contributed by atoms with E-state index in [2.05, 4.69) is 9.97 Å². The molecule has 1 heterocycles. The molecule has 0 aliphatic rings. The molecule has 6 heteroatoms. The highest BCUT2D eigenvalue weighted by Crippen LogP contribution is 2.22. The highest BCUT2D eigenvalue weighted by molar-refractivity contribution is 5.92. The lowest BCUT2D eigenvalue weighted by molar-refractivity contribution is 0.0992. The van der Waals surface area contributed by atoms with Crippen LogP contribution in [-0.2, 0) is 0 Å². The van der Waals surface area contributed by atoms with Crippen LogP contribution in [0, 0.1) is 0 Å². The van der Waals surface area contributed by atoms with Crippen LogP contribution in [0.3, 0.4) is 0 Å². The molecule has 0 bridgehead atoms. The average molecular weight is 230 g/mol. The van der Waals surface area contributed by atoms with Crippen LogP contribution in [0.2, 0.25) is 0 Å². The van der Waals surface area contributed by atoms with Gasteiger partial charge in [-0.15, -0.1) is 0 Å². The molecule has 0 aliphatic carbocycles. The third kappa shape index (κ3) is 2.49. The number of benzene rings is 1. The number of primary amides is 1. The van der Waals surface area contributed by atoms with E-state index in [4.69, 9.17) is 16.2 Å². The standard InChI is InChI=1S/C11H10N4O2/c12-7-2-1-3-8(6-7)17-11-9(10(13)16)14-4-5-15-11/h1-6H,12H2,(H2,13,16). The molecule has 17 heavy (non-hydrogen) atoms. The predicted molar refractivity (Wildman–Crippen MR) is 61.5 cm³/mol. The minimum atomic E-state index is -0.697. The predicted octanol–water partition coefficient (Wildman–Crippen LogP) is 0.950. The quantitative estimate of drug-likeness (QED) is 0.764. The number of hydrogen-bond acceptors (Lipinski definition) is 5. The number of nitrogens with zero attached hydrogens (tertiary/aromatic N) is 2. The van der Waals surface area contributed by atoms with E-state index in [1.54, 1.807) is 24.3 Å². The van der Waals surface area contributed by atoms with Gasteiger partial charge in [0.25, 0.3) is 11.8 Å². The van der Waals surface area contributed by atoms with Gasteiger partial charge in [0.2, 0.25) is 0 Å². The van der Waals surface area contributed by atoms with Crippen LogP contribution in [0.15, 0.2) is 36.7 Å². The second-order valence-electron chi connectivity index (χ2n) is 3.25. The maximum atomic E-state index is 11.1. The lowest BCUT2D eigenvalue weighted by Crippen LogP contribution is -2.14. The van der Waals surface area contributed by atoms with E-state index in [-0.39, 0.29) is 11.6 Å². The van der Waals surface area contributed by atoms with Crippen molar-refractivity contribution in [3.63, 3.8) is 0 Å². The van der Waals surface area contributed by atoms with Gasteiger partial charge in [-0.1, -0.05) is 6.07 Å². The number of ether oxygens (including phenoxy) is 1. The summed E-state index contributed by atoms with van der Waals surface area (Å²) >= 11 is 0. The minimum Gasteiger partial charge on any atom is -0.437 e. The van der Waals surface area contributed by atoms with Crippen molar-refractivity contribution in [2.24, 2.45) is 5.73 Å². The van der Waals surface area contributed by atoms with Crippen molar-refractivity contribution in [2.75, 3.05) is 5.73 Å². The largest absolute Gasteiger partial charge is 0.437 e. The molecule has 1 aromatic carbocycles. The van der Waals surface area contributed by atoms with Crippen molar-refractivity contribution >= 4 is 11.6 Å². The average Bonchev–Trinajstić information content (AvgIpc) is 2.29. The highest BCUT2D eigenvalue weighted by atomic mass is 16.5. The molecule has 1 aromatic heterocycles. The lowest BCUT2D eigenvalue weighted by atomic mass is 10.3. The minimum absolute atomic E-state index is 0.0186. The Hall–Kier alpha value is -2.63. The number of carbonyl (C=O) groups excluding carboxylic acids is 1. The molecule has 0 spiro atoms. The van der Waals surface area contributed by atoms with Gasteiger partial charge in [-0.3, -0.25) is 4.79 Å². The molecule has 0 radical (unpaired) electrons. The van der Waals surface area contributed by atoms with Crippen LogP contribution >= 0.6 is 0 Å². The zero-order valence-corrected chi connectivity index (χ0v) is 8.83. The highest BCUT2D eigenvalue weighted by Gasteiger charge is 2.12. The maximum Gasteiger partial charge on any atom is 0.272 e. The number of nitrogens with two attached hydrogens (primary N) is 2. The number of anilines is 1. The summed E-state index contributed by atoms with van der Waals surface area (Å²) in [7, 11) is 0. The fraction of sp³-hybridized carbons (Fsp3) is 0. The molecule has 4 N–H and O–H groups in total. The van der Waals surface area contributed by atoms with Crippen LogP contribution in [0.25, 0.3) is 0 Å². The first-order valence-electron chi connectivity index (χ1n) is 4.81. The van der Waals surface area contributed by atoms with Crippen molar-refractivity contribution in [1.82, 2.24) is 9.97 Å². The Labute approximate surface area is 97.2 Å². The molecule has 0 saturated heterocycles. The zero-order chi connectivity index (χ0) is 12.3. The molecule has 0 atom stereocenters. The molecule has 0 saturated carbocycles. The Morgan fingerprint density at radius 1 is 1.24 bits per heavy atom. The normalized spacial score (nSPS) is 9.88. The van der Waals surface area contributed by atoms with Crippen molar-refractivity contribution < 1.29 is 9.53 Å². The molecule has 0 fully saturated rings. The topological polar surface area (TPSA) is 104 Å². The first kappa shape index (κ1) is 10.9. The SMILES string of the molecule is NC(=O)c1nccnc1Oc1cccc(N)c1. The number of amides is 1. The van der Waals surface area contributed by atoms with Crippen LogP contribution in [0.4, 0.5) is 5.69 Å². The fourth-order valence-electron chi connectivity index (χ4n) is 1.26. The Morgan fingerprint density at radius 3 is 2.71 bits per heavy atom. The summed E-state index contributed by atoms with van der Waals surface area (Å²) < 4.78 is 5.40. The second-order valence-corrected chi connectivity index (χ2v) is 3.25. The summed E-state index contributed by atoms with van der Waals surface area (Å²) in [5.41, 5.74) is 11.3. The van der Waals surface area contributed by atoms with Crippen LogP contribution in [-0.4, -0.2) is 15.9 Å². The Bertz CT molecular complexity index is 557. The Morgan fingerprint density at radius 2 is 2.00 bits per heavy atom. The van der Waals surface area contributed by atoms with Crippen LogP contribution < -0.4 is 16.2 Å². The van der Waals surface area contributed by atoms with E-state index < -0.39 is 5.91 Å². The second kappa shape index (κ2) is 4.48. The maximum absolute atomic E-state index is 11.1. The van der Waals surface area contributed by atoms with E-state index in [0.717, 1.165) is 0 Å². The number of rotatable bonds is 3. The van der Waals surface area contributed by atoms with Gasteiger partial charge < -0.3 is 16.2 Å². The van der Waals surface area contributed by atoms with E-state index in [1.165, 1.54) is 12.4 Å². The zero-order valence-electron chi connectivity index (χ0n) is 8.83. The summed E-state index contributed by atoms with van der Waals surface area (Å²) in [6.45, 7) is 0. The van der Waals surface area contributed by atoms with Crippen LogP contribution in [0.1, 0.15) is 10.5 Å². The van der Waals surface area contributed by atoms with Gasteiger partial charge in [-0.05, 0) is 12.1 Å². The summed E-state index contributed by atoms with van der Waals surface area (Å²) in [6, 6.07) is 6.75. The molecule has 0 unspecified atom stereocenters. The number of hydrogen-bond donors (Lipinski definition) is 2. The molecule has 0 aliphatic heterocycles. The van der Waals surface area contributed by atoms with Gasteiger partial charge >= 0.3 is 0 Å². The monoisotopic (exact) mass is 230 g/mol. The van der Waals surface area contributed by atoms with Crippen molar-refractivity contribution in [2.45, 2.75) is 0 Å². The number of carbonyl (C=O) groups is 1. The van der Waals surface area contributed by atoms with E-state index in [1.807, 2.05) is 0 Å². The molecule has 86 valence electrons. The molecular formula is C11H10N4O2. The summed E-state index contributed by atoms with van der Waals surface area (Å²) in [5, 5.41) is 0. The van der Waals surface area contributed by atoms with E-state index >= 15 is 0 Å². The van der Waals surface area contributed by atoms with Gasteiger partial charge in [-0.25, -0.2) is 9.97 Å². The van der Waals surface area contributed by atoms with Gasteiger partial charge in [0.1, 0.15) is 5.75 Å². The van der Waals surface area contributed by atoms with Crippen molar-refractivity contribution in [3.05, 3.63) is 42.4 Å². The smallest absolute Gasteiger partial charge is 0.272 e. The third-order valence-corrected chi connectivity index (χ3v) is 1.97. The Kier molecular flexibility index (Phi) is 2.87. The van der Waals surface area contributed by atoms with E-state index in [0.29, 0.717) is 11.4 Å². The molecule has 6 nitrogen and oxygen atoms in total. The molecule has 2 rings (SSSR count). The van der Waals surface area contributed by atoms with Crippen molar-refractivity contribution in [1.29, 1.82) is 0 Å². The number of aromatic nitrogens is 2. The van der Waals surface area contributed by atoms with Gasteiger partial charge in [-0.2, -0.15) is 0 Å². The summed E-state index contributed by atoms with van der Waals surface area (Å²) in [4.78, 5) is 18.8. The van der Waals surface area contributed by atoms with Gasteiger partial charge in [0.05, 0.1) is 0 Å². The Balaban J connectivity index is 2.33. The first-order valence-corrected chi connectivity index (χ1v) is 4.81. The molecular weight excluding hydrogens is 220 g/mol. The third-order valence-electron chi connectivity index (χ3n) is 1.97. The van der Waals surface area contributed by atoms with E-state index in [9.17, 15) is 4.79 Å². The van der Waals surface area contributed by atoms with Gasteiger partial charge in [0.15, 0.2) is 5.69 Å². The van der Waals surface area contributed by atoms with Crippen molar-refractivity contribution in [3.8, 4) is 11.6 Å². The lowest BCUT2D eigenvalue weighted by Gasteiger charge is -2.06. The first-order chi connectivity index (χ1) is 8.16. The summed E-state index contributed by atoms with van der Waals surface area (Å²) in [6.07, 6.45) is 2.78. The number of nitrogen functional groups attached to an aromatic ring is 1. The van der Waals surface area contributed by atoms with Crippen LogP contribution in [0.5, 0.6) is 11.6 Å². The van der Waals surface area contributed by atoms with Gasteiger partial charge in [0, 0.05) is 24.1 Å². The summed E-state index contributed by atoms with van der Waals surface area (Å²) in [5.74, 6) is -0.171.